The quantitative estimate of drug-likeness (QED) is 0.328. The smallest absolute Gasteiger partial charge is 0.193 e. The average molecular weight is 445 g/mol. The van der Waals surface area contributed by atoms with E-state index in [4.69, 9.17) is 4.99 Å². The van der Waals surface area contributed by atoms with E-state index in [2.05, 4.69) is 35.4 Å². The van der Waals surface area contributed by atoms with E-state index in [0.717, 1.165) is 43.9 Å². The van der Waals surface area contributed by atoms with Crippen molar-refractivity contribution in [1.82, 2.24) is 20.0 Å². The Balaban J connectivity index is 0.00000208. The Hall–Kier alpha value is -0.790. The Morgan fingerprint density at radius 3 is 2.58 bits per heavy atom. The second-order valence-electron chi connectivity index (χ2n) is 7.08. The molecule has 1 aliphatic heterocycles. The highest BCUT2D eigenvalue weighted by atomic mass is 127. The summed E-state index contributed by atoms with van der Waals surface area (Å²) in [5, 5.41) is 7.83. The number of aromatic nitrogens is 2. The summed E-state index contributed by atoms with van der Waals surface area (Å²) in [4.78, 5) is 7.37. The van der Waals surface area contributed by atoms with Crippen molar-refractivity contribution < 1.29 is 0 Å². The number of aryl methyl sites for hydroxylation is 2. The molecule has 1 N–H and O–H groups in total. The number of nitrogens with zero attached hydrogens (tertiary/aromatic N) is 4. The molecular formula is C18H32IN5. The predicted octanol–water partition coefficient (Wildman–Crippen LogP) is 3.29. The predicted molar refractivity (Wildman–Crippen MR) is 110 cm³/mol. The van der Waals surface area contributed by atoms with Gasteiger partial charge in [0.05, 0.1) is 6.20 Å². The molecule has 0 aromatic carbocycles. The van der Waals surface area contributed by atoms with E-state index in [1.807, 2.05) is 10.9 Å². The summed E-state index contributed by atoms with van der Waals surface area (Å²) in [6, 6.07) is 0. The normalized spacial score (nSPS) is 23.8. The van der Waals surface area contributed by atoms with Gasteiger partial charge >= 0.3 is 0 Å². The van der Waals surface area contributed by atoms with Crippen LogP contribution in [0.4, 0.5) is 0 Å². The molecule has 1 aromatic rings. The number of rotatable bonds is 5. The topological polar surface area (TPSA) is 45.5 Å². The third-order valence-corrected chi connectivity index (χ3v) is 5.18. The van der Waals surface area contributed by atoms with E-state index in [0.29, 0.717) is 0 Å². The van der Waals surface area contributed by atoms with Gasteiger partial charge in [0.2, 0.25) is 0 Å². The minimum atomic E-state index is 0. The average Bonchev–Trinajstić information content (AvgIpc) is 3.16. The molecule has 3 rings (SSSR count). The van der Waals surface area contributed by atoms with E-state index < -0.39 is 0 Å². The Morgan fingerprint density at radius 1 is 1.29 bits per heavy atom. The number of guanidine groups is 1. The number of likely N-dealkylation sites (tertiary alicyclic amines) is 1. The lowest BCUT2D eigenvalue weighted by Crippen LogP contribution is -2.40. The first-order valence-electron chi connectivity index (χ1n) is 9.28. The summed E-state index contributed by atoms with van der Waals surface area (Å²) < 4.78 is 2.02. The lowest BCUT2D eigenvalue weighted by Gasteiger charge is -2.22. The van der Waals surface area contributed by atoms with E-state index in [-0.39, 0.29) is 24.0 Å². The molecule has 5 nitrogen and oxygen atoms in total. The standard InChI is InChI=1S/C18H31N5.HI/c1-3-19-18(20-9-6-10-23-12-15(2)11-21-23)22-13-16-7-4-5-8-17(16)14-22;/h11-12,16-17H,3-10,13-14H2,1-2H3,(H,19,20);1H. The zero-order valence-corrected chi connectivity index (χ0v) is 17.4. The first kappa shape index (κ1) is 19.5. The van der Waals surface area contributed by atoms with Crippen molar-refractivity contribution in [2.75, 3.05) is 26.2 Å². The van der Waals surface area contributed by atoms with Crippen molar-refractivity contribution in [3.05, 3.63) is 18.0 Å². The third-order valence-electron chi connectivity index (χ3n) is 5.18. The second kappa shape index (κ2) is 9.63. The van der Waals surface area contributed by atoms with E-state index in [1.54, 1.807) is 0 Å². The number of aliphatic imine (C=N–C) groups is 1. The largest absolute Gasteiger partial charge is 0.357 e. The Labute approximate surface area is 163 Å². The van der Waals surface area contributed by atoms with Crippen molar-refractivity contribution >= 4 is 29.9 Å². The summed E-state index contributed by atoms with van der Waals surface area (Å²) in [5.41, 5.74) is 1.22. The zero-order valence-electron chi connectivity index (χ0n) is 15.1. The summed E-state index contributed by atoms with van der Waals surface area (Å²) in [5.74, 6) is 2.93. The molecular weight excluding hydrogens is 413 g/mol. The zero-order chi connectivity index (χ0) is 16.1. The maximum Gasteiger partial charge on any atom is 0.193 e. The van der Waals surface area contributed by atoms with Crippen molar-refractivity contribution in [2.24, 2.45) is 16.8 Å². The molecule has 1 saturated carbocycles. The first-order chi connectivity index (χ1) is 11.3. The number of hydrogen-bond acceptors (Lipinski definition) is 2. The number of hydrogen-bond donors (Lipinski definition) is 1. The fourth-order valence-corrected chi connectivity index (χ4v) is 4.01. The number of nitrogens with one attached hydrogen (secondary N) is 1. The van der Waals surface area contributed by atoms with Gasteiger partial charge in [0, 0.05) is 38.9 Å². The summed E-state index contributed by atoms with van der Waals surface area (Å²) >= 11 is 0. The third kappa shape index (κ3) is 5.10. The van der Waals surface area contributed by atoms with Crippen LogP contribution in [0.5, 0.6) is 0 Å². The summed E-state index contributed by atoms with van der Waals surface area (Å²) in [6.07, 6.45) is 10.7. The van der Waals surface area contributed by atoms with Gasteiger partial charge < -0.3 is 10.2 Å². The highest BCUT2D eigenvalue weighted by molar-refractivity contribution is 14.0. The molecule has 0 radical (unpaired) electrons. The van der Waals surface area contributed by atoms with Gasteiger partial charge in [0.1, 0.15) is 0 Å². The molecule has 2 unspecified atom stereocenters. The monoisotopic (exact) mass is 445 g/mol. The molecule has 2 atom stereocenters. The molecule has 0 spiro atoms. The molecule has 2 heterocycles. The van der Waals surface area contributed by atoms with E-state index in [9.17, 15) is 0 Å². The maximum atomic E-state index is 4.87. The van der Waals surface area contributed by atoms with Crippen LogP contribution in [0.25, 0.3) is 0 Å². The van der Waals surface area contributed by atoms with Gasteiger partial charge in [0.15, 0.2) is 5.96 Å². The molecule has 0 amide bonds. The van der Waals surface area contributed by atoms with Crippen molar-refractivity contribution in [2.45, 2.75) is 52.5 Å². The van der Waals surface area contributed by atoms with Crippen LogP contribution in [-0.4, -0.2) is 46.8 Å². The minimum Gasteiger partial charge on any atom is -0.357 e. The van der Waals surface area contributed by atoms with Crippen LogP contribution < -0.4 is 5.32 Å². The highest BCUT2D eigenvalue weighted by Crippen LogP contribution is 2.35. The van der Waals surface area contributed by atoms with Gasteiger partial charge in [-0.25, -0.2) is 0 Å². The Morgan fingerprint density at radius 2 is 2.00 bits per heavy atom. The van der Waals surface area contributed by atoms with Gasteiger partial charge in [0.25, 0.3) is 0 Å². The molecule has 0 bridgehead atoms. The highest BCUT2D eigenvalue weighted by Gasteiger charge is 2.35. The van der Waals surface area contributed by atoms with Gasteiger partial charge in [-0.05, 0) is 50.5 Å². The van der Waals surface area contributed by atoms with E-state index in [1.165, 1.54) is 44.3 Å². The second-order valence-corrected chi connectivity index (χ2v) is 7.08. The van der Waals surface area contributed by atoms with Gasteiger partial charge in [-0.1, -0.05) is 12.8 Å². The molecule has 24 heavy (non-hydrogen) atoms. The summed E-state index contributed by atoms with van der Waals surface area (Å²) in [6.45, 7) is 9.41. The minimum absolute atomic E-state index is 0. The van der Waals surface area contributed by atoms with Crippen molar-refractivity contribution in [3.8, 4) is 0 Å². The van der Waals surface area contributed by atoms with E-state index >= 15 is 0 Å². The summed E-state index contributed by atoms with van der Waals surface area (Å²) in [7, 11) is 0. The molecule has 1 aliphatic carbocycles. The number of fused-ring (bicyclic) bond motifs is 1. The molecule has 1 aromatic heterocycles. The molecule has 2 fully saturated rings. The van der Waals surface area contributed by atoms with Crippen LogP contribution in [0.3, 0.4) is 0 Å². The van der Waals surface area contributed by atoms with Crippen LogP contribution in [-0.2, 0) is 6.54 Å². The maximum absolute atomic E-state index is 4.87. The lowest BCUT2D eigenvalue weighted by atomic mass is 9.82. The van der Waals surface area contributed by atoms with Crippen molar-refractivity contribution in [1.29, 1.82) is 0 Å². The Kier molecular flexibility index (Phi) is 7.84. The van der Waals surface area contributed by atoms with Crippen molar-refractivity contribution in [3.63, 3.8) is 0 Å². The fourth-order valence-electron chi connectivity index (χ4n) is 4.01. The molecule has 136 valence electrons. The molecule has 2 aliphatic rings. The van der Waals surface area contributed by atoms with Gasteiger partial charge in [-0.2, -0.15) is 5.10 Å². The lowest BCUT2D eigenvalue weighted by molar-refractivity contribution is 0.299. The SMILES string of the molecule is CCNC(=NCCCn1cc(C)cn1)N1CC2CCCCC2C1.I. The Bertz CT molecular complexity index is 513. The van der Waals surface area contributed by atoms with Gasteiger partial charge in [-0.15, -0.1) is 24.0 Å². The first-order valence-corrected chi connectivity index (χ1v) is 9.28. The van der Waals surface area contributed by atoms with Crippen LogP contribution in [0.1, 0.15) is 44.6 Å². The van der Waals surface area contributed by atoms with Crippen LogP contribution in [0, 0.1) is 18.8 Å². The van der Waals surface area contributed by atoms with Crippen LogP contribution >= 0.6 is 24.0 Å². The molecule has 6 heteroatoms. The number of halogens is 1. The molecule has 1 saturated heterocycles. The van der Waals surface area contributed by atoms with Gasteiger partial charge in [-0.3, -0.25) is 9.67 Å². The van der Waals surface area contributed by atoms with Crippen LogP contribution in [0.2, 0.25) is 0 Å². The fraction of sp³-hybridized carbons (Fsp3) is 0.778. The van der Waals surface area contributed by atoms with Crippen LogP contribution in [0.15, 0.2) is 17.4 Å².